The van der Waals surface area contributed by atoms with Crippen LogP contribution in [-0.2, 0) is 0 Å². The van der Waals surface area contributed by atoms with E-state index in [4.69, 9.17) is 11.6 Å². The molecular formula is C10H7ClN2O. The number of nitrogens with zero attached hydrogens (tertiary/aromatic N) is 1. The summed E-state index contributed by atoms with van der Waals surface area (Å²) >= 11 is 5.94. The van der Waals surface area contributed by atoms with Crippen molar-refractivity contribution in [2.45, 2.75) is 0 Å². The van der Waals surface area contributed by atoms with E-state index in [-0.39, 0.29) is 5.56 Å². The van der Waals surface area contributed by atoms with Crippen molar-refractivity contribution in [2.75, 3.05) is 0 Å². The van der Waals surface area contributed by atoms with Gasteiger partial charge in [-0.25, -0.2) is 4.98 Å². The second-order valence-corrected chi connectivity index (χ2v) is 3.15. The Hall–Kier alpha value is -1.61. The monoisotopic (exact) mass is 206 g/mol. The van der Waals surface area contributed by atoms with Crippen LogP contribution in [0.15, 0.2) is 41.5 Å². The minimum Gasteiger partial charge on any atom is -0.326 e. The number of aromatic amines is 1. The van der Waals surface area contributed by atoms with Crippen LogP contribution in [0, 0.1) is 0 Å². The molecule has 2 aromatic rings. The molecule has 0 fully saturated rings. The molecule has 14 heavy (non-hydrogen) atoms. The van der Waals surface area contributed by atoms with Crippen molar-refractivity contribution >= 4 is 11.6 Å². The van der Waals surface area contributed by atoms with E-state index >= 15 is 0 Å². The lowest BCUT2D eigenvalue weighted by Gasteiger charge is -2.00. The molecule has 1 N–H and O–H groups in total. The lowest BCUT2D eigenvalue weighted by Crippen LogP contribution is -2.09. The molecule has 0 saturated heterocycles. The molecule has 0 atom stereocenters. The summed E-state index contributed by atoms with van der Waals surface area (Å²) in [5.74, 6) is 0. The molecule has 0 aliphatic heterocycles. The predicted molar refractivity (Wildman–Crippen MR) is 55.3 cm³/mol. The van der Waals surface area contributed by atoms with Gasteiger partial charge in [-0.3, -0.25) is 4.79 Å². The van der Waals surface area contributed by atoms with Gasteiger partial charge in [0.25, 0.3) is 5.56 Å². The van der Waals surface area contributed by atoms with Gasteiger partial charge in [0.2, 0.25) is 0 Å². The zero-order valence-electron chi connectivity index (χ0n) is 7.20. The Labute approximate surface area is 85.4 Å². The smallest absolute Gasteiger partial charge is 0.274 e. The van der Waals surface area contributed by atoms with Crippen LogP contribution in [0.4, 0.5) is 0 Å². The fraction of sp³-hybridized carbons (Fsp3) is 0. The molecule has 1 heterocycles. The second kappa shape index (κ2) is 3.64. The summed E-state index contributed by atoms with van der Waals surface area (Å²) in [6.45, 7) is 0. The first-order valence-corrected chi connectivity index (χ1v) is 4.45. The molecule has 0 bridgehead atoms. The largest absolute Gasteiger partial charge is 0.326 e. The zero-order chi connectivity index (χ0) is 9.97. The Morgan fingerprint density at radius 3 is 2.79 bits per heavy atom. The number of rotatable bonds is 1. The predicted octanol–water partition coefficient (Wildman–Crippen LogP) is 2.09. The SMILES string of the molecule is O=c1[nH]ccnc1-c1ccccc1Cl. The van der Waals surface area contributed by atoms with Crippen molar-refractivity contribution in [3.05, 3.63) is 52.0 Å². The van der Waals surface area contributed by atoms with Crippen molar-refractivity contribution in [1.29, 1.82) is 0 Å². The van der Waals surface area contributed by atoms with Crippen molar-refractivity contribution in [3.63, 3.8) is 0 Å². The highest BCUT2D eigenvalue weighted by Crippen LogP contribution is 2.22. The lowest BCUT2D eigenvalue weighted by molar-refractivity contribution is 1.14. The molecule has 0 unspecified atom stereocenters. The van der Waals surface area contributed by atoms with E-state index in [1.807, 2.05) is 12.1 Å². The van der Waals surface area contributed by atoms with Crippen LogP contribution in [0.5, 0.6) is 0 Å². The maximum Gasteiger partial charge on any atom is 0.274 e. The highest BCUT2D eigenvalue weighted by Gasteiger charge is 2.06. The fourth-order valence-corrected chi connectivity index (χ4v) is 1.42. The molecule has 0 radical (unpaired) electrons. The number of hydrogen-bond donors (Lipinski definition) is 1. The van der Waals surface area contributed by atoms with Crippen molar-refractivity contribution in [1.82, 2.24) is 9.97 Å². The lowest BCUT2D eigenvalue weighted by atomic mass is 10.1. The summed E-state index contributed by atoms with van der Waals surface area (Å²) in [7, 11) is 0. The Kier molecular flexibility index (Phi) is 2.33. The third-order valence-corrected chi connectivity index (χ3v) is 2.17. The van der Waals surface area contributed by atoms with Gasteiger partial charge in [-0.2, -0.15) is 0 Å². The van der Waals surface area contributed by atoms with Gasteiger partial charge in [-0.15, -0.1) is 0 Å². The molecule has 0 amide bonds. The highest BCUT2D eigenvalue weighted by atomic mass is 35.5. The second-order valence-electron chi connectivity index (χ2n) is 2.75. The van der Waals surface area contributed by atoms with Crippen LogP contribution in [0.25, 0.3) is 11.3 Å². The average molecular weight is 207 g/mol. The van der Waals surface area contributed by atoms with E-state index < -0.39 is 0 Å². The Morgan fingerprint density at radius 1 is 1.29 bits per heavy atom. The minimum absolute atomic E-state index is 0.236. The van der Waals surface area contributed by atoms with E-state index in [0.717, 1.165) is 0 Å². The van der Waals surface area contributed by atoms with Gasteiger partial charge in [0, 0.05) is 18.0 Å². The van der Waals surface area contributed by atoms with E-state index in [9.17, 15) is 4.79 Å². The van der Waals surface area contributed by atoms with Crippen LogP contribution >= 0.6 is 11.6 Å². The van der Waals surface area contributed by atoms with E-state index in [1.54, 1.807) is 12.1 Å². The highest BCUT2D eigenvalue weighted by molar-refractivity contribution is 6.33. The van der Waals surface area contributed by atoms with Gasteiger partial charge < -0.3 is 4.98 Å². The average Bonchev–Trinajstić information content (AvgIpc) is 2.20. The zero-order valence-corrected chi connectivity index (χ0v) is 7.95. The summed E-state index contributed by atoms with van der Waals surface area (Å²) in [6, 6.07) is 7.11. The van der Waals surface area contributed by atoms with Gasteiger partial charge in [0.05, 0.1) is 5.02 Å². The van der Waals surface area contributed by atoms with Crippen molar-refractivity contribution in [3.8, 4) is 11.3 Å². The fourth-order valence-electron chi connectivity index (χ4n) is 1.20. The van der Waals surface area contributed by atoms with E-state index in [1.165, 1.54) is 12.4 Å². The van der Waals surface area contributed by atoms with Crippen LogP contribution < -0.4 is 5.56 Å². The van der Waals surface area contributed by atoms with Gasteiger partial charge in [0.1, 0.15) is 5.69 Å². The summed E-state index contributed by atoms with van der Waals surface area (Å²) in [4.78, 5) is 17.9. The molecule has 0 saturated carbocycles. The van der Waals surface area contributed by atoms with E-state index in [2.05, 4.69) is 9.97 Å². The molecule has 0 aliphatic carbocycles. The number of aromatic nitrogens is 2. The van der Waals surface area contributed by atoms with Gasteiger partial charge in [0.15, 0.2) is 0 Å². The Bertz CT molecular complexity index is 507. The summed E-state index contributed by atoms with van der Waals surface area (Å²) in [6.07, 6.45) is 3.02. The Balaban J connectivity index is 2.67. The third kappa shape index (κ3) is 1.54. The first-order valence-electron chi connectivity index (χ1n) is 4.07. The molecule has 2 rings (SSSR count). The van der Waals surface area contributed by atoms with Gasteiger partial charge >= 0.3 is 0 Å². The topological polar surface area (TPSA) is 45.8 Å². The third-order valence-electron chi connectivity index (χ3n) is 1.84. The van der Waals surface area contributed by atoms with Crippen molar-refractivity contribution < 1.29 is 0 Å². The number of halogens is 1. The van der Waals surface area contributed by atoms with Crippen molar-refractivity contribution in [2.24, 2.45) is 0 Å². The molecule has 3 nitrogen and oxygen atoms in total. The molecular weight excluding hydrogens is 200 g/mol. The number of benzene rings is 1. The summed E-state index contributed by atoms with van der Waals surface area (Å²) < 4.78 is 0. The minimum atomic E-state index is -0.236. The summed E-state index contributed by atoms with van der Waals surface area (Å²) in [5.41, 5.74) is 0.759. The van der Waals surface area contributed by atoms with Crippen LogP contribution in [0.1, 0.15) is 0 Å². The molecule has 1 aromatic heterocycles. The Morgan fingerprint density at radius 2 is 2.07 bits per heavy atom. The molecule has 0 aliphatic rings. The quantitative estimate of drug-likeness (QED) is 0.777. The van der Waals surface area contributed by atoms with Crippen LogP contribution in [-0.4, -0.2) is 9.97 Å². The van der Waals surface area contributed by atoms with E-state index in [0.29, 0.717) is 16.3 Å². The molecule has 1 aromatic carbocycles. The molecule has 0 spiro atoms. The first kappa shape index (κ1) is 8.97. The number of nitrogens with one attached hydrogen (secondary N) is 1. The summed E-state index contributed by atoms with van der Waals surface area (Å²) in [5, 5.41) is 0.525. The van der Waals surface area contributed by atoms with Gasteiger partial charge in [-0.05, 0) is 6.07 Å². The standard InChI is InChI=1S/C10H7ClN2O/c11-8-4-2-1-3-7(8)9-10(14)13-6-5-12-9/h1-6H,(H,13,14). The maximum absolute atomic E-state index is 11.4. The van der Waals surface area contributed by atoms with Crippen LogP contribution in [0.3, 0.4) is 0 Å². The number of hydrogen-bond acceptors (Lipinski definition) is 2. The molecule has 4 heteroatoms. The maximum atomic E-state index is 11.4. The molecule has 70 valence electrons. The normalized spacial score (nSPS) is 10.1. The van der Waals surface area contributed by atoms with Gasteiger partial charge in [-0.1, -0.05) is 29.8 Å². The first-order chi connectivity index (χ1) is 6.79. The number of H-pyrrole nitrogens is 1. The van der Waals surface area contributed by atoms with Crippen LogP contribution in [0.2, 0.25) is 5.02 Å².